The third-order valence-electron chi connectivity index (χ3n) is 1.71. The molecule has 0 spiro atoms. The van der Waals surface area contributed by atoms with Crippen molar-refractivity contribution in [3.05, 3.63) is 0 Å². The molecule has 1 heterocycles. The lowest BCUT2D eigenvalue weighted by molar-refractivity contribution is -0.313. The average molecular weight is 190 g/mol. The van der Waals surface area contributed by atoms with E-state index < -0.39 is 18.2 Å². The molecule has 0 saturated carbocycles. The van der Waals surface area contributed by atoms with E-state index in [0.29, 0.717) is 0 Å². The zero-order valence-corrected chi connectivity index (χ0v) is 6.00. The van der Waals surface area contributed by atoms with Crippen molar-refractivity contribution in [2.75, 3.05) is 6.61 Å². The minimum absolute atomic E-state index is 0.0175. The minimum Gasteiger partial charge on any atom is -0.372 e. The number of halogens is 5. The first-order chi connectivity index (χ1) is 5.36. The summed E-state index contributed by atoms with van der Waals surface area (Å²) in [6, 6.07) is 0. The molecular weight excluding hydrogens is 183 g/mol. The van der Waals surface area contributed by atoms with E-state index in [9.17, 15) is 22.0 Å². The van der Waals surface area contributed by atoms with E-state index in [0.717, 1.165) is 0 Å². The van der Waals surface area contributed by atoms with Gasteiger partial charge in [0, 0.05) is 6.61 Å². The van der Waals surface area contributed by atoms with E-state index in [-0.39, 0.29) is 19.4 Å². The van der Waals surface area contributed by atoms with Crippen molar-refractivity contribution < 1.29 is 26.7 Å². The molecule has 6 heteroatoms. The van der Waals surface area contributed by atoms with Gasteiger partial charge >= 0.3 is 12.1 Å². The van der Waals surface area contributed by atoms with Crippen LogP contribution in [0.5, 0.6) is 0 Å². The predicted octanol–water partition coefficient (Wildman–Crippen LogP) is 2.36. The van der Waals surface area contributed by atoms with Crippen molar-refractivity contribution >= 4 is 0 Å². The van der Waals surface area contributed by atoms with Crippen LogP contribution in [0.1, 0.15) is 12.8 Å². The van der Waals surface area contributed by atoms with Crippen molar-refractivity contribution in [2.24, 2.45) is 0 Å². The van der Waals surface area contributed by atoms with Crippen LogP contribution < -0.4 is 0 Å². The van der Waals surface area contributed by atoms with Crippen LogP contribution >= 0.6 is 0 Å². The lowest BCUT2D eigenvalue weighted by Crippen LogP contribution is -2.46. The van der Waals surface area contributed by atoms with Crippen LogP contribution in [0.15, 0.2) is 0 Å². The average Bonchev–Trinajstić information content (AvgIpc) is 2.34. The fourth-order valence-electron chi connectivity index (χ4n) is 1.05. The Bertz CT molecular complexity index is 158. The van der Waals surface area contributed by atoms with Gasteiger partial charge in [-0.3, -0.25) is 0 Å². The molecule has 12 heavy (non-hydrogen) atoms. The summed E-state index contributed by atoms with van der Waals surface area (Å²) in [5, 5.41) is 0. The number of ether oxygens (including phenoxy) is 1. The smallest absolute Gasteiger partial charge is 0.372 e. The van der Waals surface area contributed by atoms with Crippen molar-refractivity contribution in [3.63, 3.8) is 0 Å². The Hall–Kier alpha value is -0.390. The molecule has 1 atom stereocenters. The Kier molecular flexibility index (Phi) is 2.29. The van der Waals surface area contributed by atoms with Crippen molar-refractivity contribution in [1.29, 1.82) is 0 Å². The van der Waals surface area contributed by atoms with Gasteiger partial charge in [-0.25, -0.2) is 0 Å². The fraction of sp³-hybridized carbons (Fsp3) is 1.00. The maximum atomic E-state index is 12.4. The maximum Gasteiger partial charge on any atom is 0.456 e. The number of hydrogen-bond acceptors (Lipinski definition) is 1. The van der Waals surface area contributed by atoms with Crippen LogP contribution in [0.25, 0.3) is 0 Å². The van der Waals surface area contributed by atoms with Crippen LogP contribution in [0.3, 0.4) is 0 Å². The molecule has 0 N–H and O–H groups in total. The molecule has 1 saturated heterocycles. The van der Waals surface area contributed by atoms with Gasteiger partial charge in [0.05, 0.1) is 0 Å². The Morgan fingerprint density at radius 3 is 2.00 bits per heavy atom. The molecule has 72 valence electrons. The molecule has 0 aromatic heterocycles. The zero-order valence-electron chi connectivity index (χ0n) is 6.00. The molecule has 1 aliphatic rings. The summed E-state index contributed by atoms with van der Waals surface area (Å²) >= 11 is 0. The molecule has 1 nitrogen and oxygen atoms in total. The quantitative estimate of drug-likeness (QED) is 0.576. The highest BCUT2D eigenvalue weighted by Gasteiger charge is 2.63. The molecule has 1 aliphatic heterocycles. The van der Waals surface area contributed by atoms with Gasteiger partial charge in [-0.2, -0.15) is 22.0 Å². The molecular formula is C6H7F5O. The van der Waals surface area contributed by atoms with Gasteiger partial charge in [-0.15, -0.1) is 0 Å². The summed E-state index contributed by atoms with van der Waals surface area (Å²) in [7, 11) is 0. The van der Waals surface area contributed by atoms with E-state index in [1.165, 1.54) is 0 Å². The molecule has 0 amide bonds. The van der Waals surface area contributed by atoms with Crippen LogP contribution in [-0.2, 0) is 4.74 Å². The predicted molar refractivity (Wildman–Crippen MR) is 30.0 cm³/mol. The van der Waals surface area contributed by atoms with Crippen LogP contribution in [-0.4, -0.2) is 24.8 Å². The molecule has 0 bridgehead atoms. The monoisotopic (exact) mass is 190 g/mol. The minimum atomic E-state index is -5.50. The number of rotatable bonds is 1. The van der Waals surface area contributed by atoms with Crippen molar-refractivity contribution in [1.82, 2.24) is 0 Å². The second-order valence-electron chi connectivity index (χ2n) is 2.62. The Morgan fingerprint density at radius 2 is 1.67 bits per heavy atom. The summed E-state index contributed by atoms with van der Waals surface area (Å²) < 4.78 is 64.0. The third kappa shape index (κ3) is 1.53. The molecule has 0 radical (unpaired) electrons. The first kappa shape index (κ1) is 9.70. The lowest BCUT2D eigenvalue weighted by atomic mass is 10.1. The number of hydrogen-bond donors (Lipinski definition) is 0. The highest BCUT2D eigenvalue weighted by Crippen LogP contribution is 2.42. The van der Waals surface area contributed by atoms with Crippen LogP contribution in [0.2, 0.25) is 0 Å². The van der Waals surface area contributed by atoms with Gasteiger partial charge in [0.1, 0.15) is 6.10 Å². The lowest BCUT2D eigenvalue weighted by Gasteiger charge is -2.24. The van der Waals surface area contributed by atoms with E-state index in [4.69, 9.17) is 0 Å². The summed E-state index contributed by atoms with van der Waals surface area (Å²) in [4.78, 5) is 0. The van der Waals surface area contributed by atoms with Gasteiger partial charge in [-0.05, 0) is 12.8 Å². The molecule has 1 rings (SSSR count). The van der Waals surface area contributed by atoms with Gasteiger partial charge in [0.25, 0.3) is 0 Å². The van der Waals surface area contributed by atoms with E-state index in [1.807, 2.05) is 0 Å². The summed E-state index contributed by atoms with van der Waals surface area (Å²) in [6.07, 6.45) is -7.46. The Balaban J connectivity index is 2.69. The first-order valence-electron chi connectivity index (χ1n) is 3.42. The van der Waals surface area contributed by atoms with E-state index in [1.54, 1.807) is 0 Å². The fourth-order valence-corrected chi connectivity index (χ4v) is 1.05. The molecule has 1 fully saturated rings. The molecule has 0 aliphatic carbocycles. The first-order valence-corrected chi connectivity index (χ1v) is 3.42. The maximum absolute atomic E-state index is 12.4. The summed E-state index contributed by atoms with van der Waals surface area (Å²) in [6.45, 7) is -0.0175. The van der Waals surface area contributed by atoms with Gasteiger partial charge in [0.2, 0.25) is 0 Å². The van der Waals surface area contributed by atoms with E-state index in [2.05, 4.69) is 4.74 Å². The normalized spacial score (nSPS) is 26.2. The Morgan fingerprint density at radius 1 is 1.08 bits per heavy atom. The molecule has 0 aromatic rings. The highest BCUT2D eigenvalue weighted by atomic mass is 19.4. The topological polar surface area (TPSA) is 9.23 Å². The highest BCUT2D eigenvalue weighted by molar-refractivity contribution is 4.87. The second-order valence-corrected chi connectivity index (χ2v) is 2.62. The standard InChI is InChI=1S/C6H7F5O/c7-5(8,6(9,10)11)4-2-1-3-12-4/h4H,1-3H2. The third-order valence-corrected chi connectivity index (χ3v) is 1.71. The molecule has 1 unspecified atom stereocenters. The summed E-state index contributed by atoms with van der Waals surface area (Å²) in [5.74, 6) is -4.70. The number of alkyl halides is 5. The molecule has 0 aromatic carbocycles. The SMILES string of the molecule is FC(F)(F)C(F)(F)C1CCCO1. The van der Waals surface area contributed by atoms with Gasteiger partial charge < -0.3 is 4.74 Å². The van der Waals surface area contributed by atoms with E-state index >= 15 is 0 Å². The second kappa shape index (κ2) is 2.83. The summed E-state index contributed by atoms with van der Waals surface area (Å²) in [5.41, 5.74) is 0. The Labute approximate surface area is 65.5 Å². The van der Waals surface area contributed by atoms with Gasteiger partial charge in [-0.1, -0.05) is 0 Å². The largest absolute Gasteiger partial charge is 0.456 e. The van der Waals surface area contributed by atoms with Crippen molar-refractivity contribution in [3.8, 4) is 0 Å². The van der Waals surface area contributed by atoms with Crippen LogP contribution in [0.4, 0.5) is 22.0 Å². The van der Waals surface area contributed by atoms with Gasteiger partial charge in [0.15, 0.2) is 0 Å². The van der Waals surface area contributed by atoms with Crippen molar-refractivity contribution in [2.45, 2.75) is 31.0 Å². The van der Waals surface area contributed by atoms with Crippen LogP contribution in [0, 0.1) is 0 Å². The zero-order chi connectivity index (χ0) is 9.41.